The van der Waals surface area contributed by atoms with Crippen molar-refractivity contribution in [3.05, 3.63) is 103 Å². The van der Waals surface area contributed by atoms with E-state index in [1.807, 2.05) is 48.5 Å². The summed E-state index contributed by atoms with van der Waals surface area (Å²) in [6, 6.07) is 30.9. The summed E-state index contributed by atoms with van der Waals surface area (Å²) >= 11 is 0. The maximum Gasteiger partial charge on any atom is 0.647 e. The van der Waals surface area contributed by atoms with E-state index >= 15 is 0 Å². The van der Waals surface area contributed by atoms with Gasteiger partial charge in [0.2, 0.25) is 0 Å². The second kappa shape index (κ2) is 7.56. The maximum atomic E-state index is 13.5. The Morgan fingerprint density at radius 1 is 0.519 bits per heavy atom. The van der Waals surface area contributed by atoms with Crippen LogP contribution in [0.2, 0.25) is 0 Å². The zero-order valence-corrected chi connectivity index (χ0v) is 15.3. The average Bonchev–Trinajstić information content (AvgIpc) is 2.69. The summed E-state index contributed by atoms with van der Waals surface area (Å²) in [6.07, 6.45) is 0. The molecule has 5 heteroatoms. The highest BCUT2D eigenvalue weighted by Gasteiger charge is 2.33. The molecule has 0 radical (unpaired) electrons. The number of fused-ring (bicyclic) bond motifs is 1. The zero-order chi connectivity index (χ0) is 18.5. The topological polar surface area (TPSA) is 44.8 Å². The van der Waals surface area contributed by atoms with Gasteiger partial charge in [-0.2, -0.15) is 4.57 Å². The third-order valence-electron chi connectivity index (χ3n) is 3.88. The SMILES string of the molecule is O=P(Oc1ccccc1)(Oc1ccccc1)Oc1cccc2ccccc12. The molecule has 0 heterocycles. The van der Waals surface area contributed by atoms with E-state index < -0.39 is 7.82 Å². The van der Waals surface area contributed by atoms with Crippen LogP contribution in [-0.2, 0) is 4.57 Å². The molecule has 0 aliphatic carbocycles. The van der Waals surface area contributed by atoms with Crippen LogP contribution in [-0.4, -0.2) is 0 Å². The van der Waals surface area contributed by atoms with E-state index in [4.69, 9.17) is 13.6 Å². The molecule has 0 aliphatic heterocycles. The summed E-state index contributed by atoms with van der Waals surface area (Å²) in [7, 11) is -3.99. The third kappa shape index (κ3) is 4.13. The molecule has 0 saturated heterocycles. The van der Waals surface area contributed by atoms with Gasteiger partial charge in [0.05, 0.1) is 0 Å². The van der Waals surface area contributed by atoms with Crippen LogP contribution in [0.3, 0.4) is 0 Å². The highest BCUT2D eigenvalue weighted by molar-refractivity contribution is 7.49. The van der Waals surface area contributed by atoms with Crippen LogP contribution in [0.1, 0.15) is 0 Å². The van der Waals surface area contributed by atoms with Crippen LogP contribution in [0, 0.1) is 0 Å². The fourth-order valence-electron chi connectivity index (χ4n) is 2.67. The summed E-state index contributed by atoms with van der Waals surface area (Å²) in [6.45, 7) is 0. The van der Waals surface area contributed by atoms with Crippen molar-refractivity contribution >= 4 is 18.6 Å². The van der Waals surface area contributed by atoms with Gasteiger partial charge in [-0.15, -0.1) is 0 Å². The molecule has 27 heavy (non-hydrogen) atoms. The number of benzene rings is 4. The van der Waals surface area contributed by atoms with E-state index in [2.05, 4.69) is 0 Å². The lowest BCUT2D eigenvalue weighted by Gasteiger charge is -2.20. The van der Waals surface area contributed by atoms with E-state index in [1.165, 1.54) is 0 Å². The number of rotatable bonds is 6. The second-order valence-corrected chi connectivity index (χ2v) is 7.27. The van der Waals surface area contributed by atoms with Gasteiger partial charge in [-0.3, -0.25) is 0 Å². The first-order valence-corrected chi connectivity index (χ1v) is 9.95. The number of phosphoric ester groups is 1. The van der Waals surface area contributed by atoms with Gasteiger partial charge in [0, 0.05) is 5.39 Å². The average molecular weight is 376 g/mol. The minimum Gasteiger partial charge on any atom is -0.386 e. The lowest BCUT2D eigenvalue weighted by atomic mass is 10.1. The van der Waals surface area contributed by atoms with Crippen molar-refractivity contribution < 1.29 is 18.1 Å². The minimum atomic E-state index is -3.99. The van der Waals surface area contributed by atoms with Crippen molar-refractivity contribution in [1.29, 1.82) is 0 Å². The number of hydrogen-bond donors (Lipinski definition) is 0. The second-order valence-electron chi connectivity index (χ2n) is 5.82. The molecule has 0 aromatic heterocycles. The summed E-state index contributed by atoms with van der Waals surface area (Å²) in [5, 5.41) is 1.80. The first kappa shape index (κ1) is 17.2. The molecular weight excluding hydrogens is 359 g/mol. The highest BCUT2D eigenvalue weighted by Crippen LogP contribution is 2.50. The predicted octanol–water partition coefficient (Wildman–Crippen LogP) is 6.48. The number of para-hydroxylation sites is 2. The first-order chi connectivity index (χ1) is 13.2. The molecule has 0 amide bonds. The van der Waals surface area contributed by atoms with Crippen LogP contribution in [0.5, 0.6) is 17.2 Å². The molecule has 134 valence electrons. The molecule has 4 nitrogen and oxygen atoms in total. The summed E-state index contributed by atoms with van der Waals surface area (Å²) in [5.41, 5.74) is 0. The first-order valence-electron chi connectivity index (χ1n) is 8.49. The zero-order valence-electron chi connectivity index (χ0n) is 14.4. The molecule has 4 rings (SSSR count). The van der Waals surface area contributed by atoms with Crippen LogP contribution in [0.15, 0.2) is 103 Å². The highest BCUT2D eigenvalue weighted by atomic mass is 31.2. The van der Waals surface area contributed by atoms with Gasteiger partial charge < -0.3 is 13.6 Å². The molecule has 4 aromatic rings. The Balaban J connectivity index is 1.71. The molecule has 0 unspecified atom stereocenters. The lowest BCUT2D eigenvalue weighted by Crippen LogP contribution is -2.07. The fourth-order valence-corrected chi connectivity index (χ4v) is 3.94. The quantitative estimate of drug-likeness (QED) is 0.361. The van der Waals surface area contributed by atoms with Crippen molar-refractivity contribution in [1.82, 2.24) is 0 Å². The largest absolute Gasteiger partial charge is 0.647 e. The Labute approximate surface area is 157 Å². The summed E-state index contributed by atoms with van der Waals surface area (Å²) in [5.74, 6) is 1.23. The van der Waals surface area contributed by atoms with E-state index in [-0.39, 0.29) is 0 Å². The van der Waals surface area contributed by atoms with Crippen LogP contribution in [0.25, 0.3) is 10.8 Å². The van der Waals surface area contributed by atoms with Crippen molar-refractivity contribution in [3.63, 3.8) is 0 Å². The smallest absolute Gasteiger partial charge is 0.386 e. The lowest BCUT2D eigenvalue weighted by molar-refractivity contribution is 0.299. The van der Waals surface area contributed by atoms with E-state index in [9.17, 15) is 4.57 Å². The molecule has 0 spiro atoms. The molecule has 0 bridgehead atoms. The molecule has 0 fully saturated rings. The molecular formula is C22H17O4P. The van der Waals surface area contributed by atoms with E-state index in [1.54, 1.807) is 54.6 Å². The van der Waals surface area contributed by atoms with Crippen molar-refractivity contribution in [2.24, 2.45) is 0 Å². The van der Waals surface area contributed by atoms with Crippen LogP contribution >= 0.6 is 7.82 Å². The Morgan fingerprint density at radius 3 is 1.67 bits per heavy atom. The fraction of sp³-hybridized carbons (Fsp3) is 0. The maximum absolute atomic E-state index is 13.5. The van der Waals surface area contributed by atoms with Gasteiger partial charge >= 0.3 is 7.82 Å². The Kier molecular flexibility index (Phi) is 4.82. The van der Waals surface area contributed by atoms with Gasteiger partial charge in [0.1, 0.15) is 17.2 Å². The van der Waals surface area contributed by atoms with Gasteiger partial charge in [-0.05, 0) is 35.7 Å². The molecule has 4 aromatic carbocycles. The third-order valence-corrected chi connectivity index (χ3v) is 5.17. The molecule has 0 atom stereocenters. The van der Waals surface area contributed by atoms with Crippen LogP contribution in [0.4, 0.5) is 0 Å². The predicted molar refractivity (Wildman–Crippen MR) is 106 cm³/mol. The van der Waals surface area contributed by atoms with Crippen LogP contribution < -0.4 is 13.6 Å². The van der Waals surface area contributed by atoms with Crippen molar-refractivity contribution in [3.8, 4) is 17.2 Å². The Morgan fingerprint density at radius 2 is 1.04 bits per heavy atom. The van der Waals surface area contributed by atoms with Gasteiger partial charge in [0.25, 0.3) is 0 Å². The number of phosphoric acid groups is 1. The Bertz CT molecular complexity index is 1030. The summed E-state index contributed by atoms with van der Waals surface area (Å²) in [4.78, 5) is 0. The molecule has 0 N–H and O–H groups in total. The van der Waals surface area contributed by atoms with Gasteiger partial charge in [-0.25, -0.2) is 0 Å². The van der Waals surface area contributed by atoms with E-state index in [0.717, 1.165) is 10.8 Å². The molecule has 0 aliphatic rings. The Hall–Kier alpha value is -3.23. The normalized spacial score (nSPS) is 11.1. The monoisotopic (exact) mass is 376 g/mol. The van der Waals surface area contributed by atoms with Gasteiger partial charge in [-0.1, -0.05) is 72.8 Å². The van der Waals surface area contributed by atoms with Crippen molar-refractivity contribution in [2.75, 3.05) is 0 Å². The summed E-state index contributed by atoms with van der Waals surface area (Å²) < 4.78 is 30.7. The van der Waals surface area contributed by atoms with Crippen molar-refractivity contribution in [2.45, 2.75) is 0 Å². The standard InChI is InChI=1S/C22H17O4P/c23-27(24-19-12-3-1-4-13-19,25-20-14-5-2-6-15-20)26-22-17-9-11-18-10-7-8-16-21(18)22/h1-17H. The minimum absolute atomic E-state index is 0.400. The van der Waals surface area contributed by atoms with Gasteiger partial charge in [0.15, 0.2) is 0 Å². The van der Waals surface area contributed by atoms with E-state index in [0.29, 0.717) is 17.2 Å². The number of hydrogen-bond acceptors (Lipinski definition) is 4. The molecule has 0 saturated carbocycles.